The van der Waals surface area contributed by atoms with Crippen LogP contribution in [0.1, 0.15) is 15.9 Å². The first-order chi connectivity index (χ1) is 15.0. The van der Waals surface area contributed by atoms with Crippen LogP contribution >= 0.6 is 0 Å². The molecule has 0 aliphatic rings. The van der Waals surface area contributed by atoms with E-state index in [9.17, 15) is 9.18 Å². The smallest absolute Gasteiger partial charge is 0.188 e. The Bertz CT molecular complexity index is 1060. The molecule has 0 amide bonds. The number of carbonyl (C=O) groups is 1. The summed E-state index contributed by atoms with van der Waals surface area (Å²) in [5.74, 6) is -0.00930. The van der Waals surface area contributed by atoms with E-state index < -0.39 is 11.6 Å². The molecule has 31 heavy (non-hydrogen) atoms. The Morgan fingerprint density at radius 1 is 1.00 bits per heavy atom. The van der Waals surface area contributed by atoms with Crippen molar-refractivity contribution in [3.8, 4) is 22.6 Å². The van der Waals surface area contributed by atoms with Gasteiger partial charge in [0.2, 0.25) is 0 Å². The summed E-state index contributed by atoms with van der Waals surface area (Å²) in [6.07, 6.45) is 3.04. The molecule has 0 N–H and O–H groups in total. The zero-order valence-electron chi connectivity index (χ0n) is 18.0. The van der Waals surface area contributed by atoms with Gasteiger partial charge in [-0.1, -0.05) is 36.4 Å². The highest BCUT2D eigenvalue weighted by molar-refractivity contribution is 6.07. The maximum absolute atomic E-state index is 14.3. The van der Waals surface area contributed by atoms with Gasteiger partial charge < -0.3 is 14.4 Å². The molecule has 3 aromatic rings. The minimum Gasteiger partial charge on any atom is -0.497 e. The number of ether oxygens (including phenoxy) is 2. The Morgan fingerprint density at radius 3 is 2.45 bits per heavy atom. The zero-order valence-corrected chi connectivity index (χ0v) is 18.0. The molecule has 0 fully saturated rings. The first-order valence-corrected chi connectivity index (χ1v) is 10.0. The van der Waals surface area contributed by atoms with Crippen molar-refractivity contribution in [1.29, 1.82) is 0 Å². The molecule has 0 aliphatic carbocycles. The van der Waals surface area contributed by atoms with Gasteiger partial charge in [-0.2, -0.15) is 0 Å². The standard InChI is InChI=1S/C26H26FNO3/c1-28(2)15-16-31-26-14-10-20(19-7-5-4-6-8-19)17-21(26)9-13-25(29)23-12-11-22(30-3)18-24(23)27/h4-14,17-18H,15-16H2,1-3H3/b13-9+. The molecule has 3 aromatic carbocycles. The lowest BCUT2D eigenvalue weighted by atomic mass is 10.0. The van der Waals surface area contributed by atoms with Crippen molar-refractivity contribution in [2.45, 2.75) is 0 Å². The Kier molecular flexibility index (Phi) is 7.57. The van der Waals surface area contributed by atoms with Crippen LogP contribution in [0.3, 0.4) is 0 Å². The quantitative estimate of drug-likeness (QED) is 0.347. The highest BCUT2D eigenvalue weighted by Crippen LogP contribution is 2.28. The molecule has 160 valence electrons. The maximum atomic E-state index is 14.3. The number of ketones is 1. The first-order valence-electron chi connectivity index (χ1n) is 10.0. The van der Waals surface area contributed by atoms with Crippen LogP contribution in [0.4, 0.5) is 4.39 Å². The largest absolute Gasteiger partial charge is 0.497 e. The van der Waals surface area contributed by atoms with Crippen LogP contribution in [0.5, 0.6) is 11.5 Å². The van der Waals surface area contributed by atoms with Gasteiger partial charge in [0, 0.05) is 18.2 Å². The fourth-order valence-electron chi connectivity index (χ4n) is 3.04. The second-order valence-electron chi connectivity index (χ2n) is 7.31. The van der Waals surface area contributed by atoms with Gasteiger partial charge in [0.15, 0.2) is 5.78 Å². The minimum atomic E-state index is -0.616. The molecule has 0 atom stereocenters. The molecule has 0 bridgehead atoms. The molecule has 0 unspecified atom stereocenters. The number of hydrogen-bond acceptors (Lipinski definition) is 4. The molecule has 0 spiro atoms. The Hall–Kier alpha value is -3.44. The Balaban J connectivity index is 1.89. The van der Waals surface area contributed by atoms with Gasteiger partial charge in [-0.05, 0) is 61.6 Å². The van der Waals surface area contributed by atoms with Crippen LogP contribution in [-0.2, 0) is 0 Å². The number of methoxy groups -OCH3 is 1. The van der Waals surface area contributed by atoms with Gasteiger partial charge >= 0.3 is 0 Å². The second kappa shape index (κ2) is 10.5. The van der Waals surface area contributed by atoms with E-state index in [4.69, 9.17) is 9.47 Å². The molecular formula is C26H26FNO3. The van der Waals surface area contributed by atoms with Crippen molar-refractivity contribution in [2.24, 2.45) is 0 Å². The molecule has 0 radical (unpaired) electrons. The predicted octanol–water partition coefficient (Wildman–Crippen LogP) is 5.34. The lowest BCUT2D eigenvalue weighted by Gasteiger charge is -2.14. The summed E-state index contributed by atoms with van der Waals surface area (Å²) in [5.41, 5.74) is 2.81. The third kappa shape index (κ3) is 6.03. The Labute approximate surface area is 182 Å². The average Bonchev–Trinajstić information content (AvgIpc) is 2.78. The van der Waals surface area contributed by atoms with Crippen molar-refractivity contribution in [3.05, 3.63) is 89.8 Å². The third-order valence-electron chi connectivity index (χ3n) is 4.77. The van der Waals surface area contributed by atoms with Crippen molar-refractivity contribution in [1.82, 2.24) is 4.90 Å². The van der Waals surface area contributed by atoms with Gasteiger partial charge in [-0.3, -0.25) is 4.79 Å². The first kappa shape index (κ1) is 22.2. The van der Waals surface area contributed by atoms with Crippen molar-refractivity contribution >= 4 is 11.9 Å². The summed E-state index contributed by atoms with van der Waals surface area (Å²) in [7, 11) is 5.41. The lowest BCUT2D eigenvalue weighted by molar-refractivity contribution is 0.104. The molecule has 0 heterocycles. The van der Waals surface area contributed by atoms with Crippen LogP contribution in [-0.4, -0.2) is 45.0 Å². The molecule has 0 aliphatic heterocycles. The van der Waals surface area contributed by atoms with Gasteiger partial charge in [0.25, 0.3) is 0 Å². The fourth-order valence-corrected chi connectivity index (χ4v) is 3.04. The summed E-state index contributed by atoms with van der Waals surface area (Å²) in [5, 5.41) is 0. The number of hydrogen-bond donors (Lipinski definition) is 0. The van der Waals surface area contributed by atoms with E-state index in [2.05, 4.69) is 0 Å². The summed E-state index contributed by atoms with van der Waals surface area (Å²) in [6, 6.07) is 20.0. The normalized spacial score (nSPS) is 11.1. The van der Waals surface area contributed by atoms with Crippen molar-refractivity contribution < 1.29 is 18.7 Å². The summed E-state index contributed by atoms with van der Waals surface area (Å²) < 4.78 is 25.2. The van der Waals surface area contributed by atoms with E-state index in [1.165, 1.54) is 25.3 Å². The highest BCUT2D eigenvalue weighted by Gasteiger charge is 2.11. The number of nitrogens with zero attached hydrogens (tertiary/aromatic N) is 1. The van der Waals surface area contributed by atoms with Gasteiger partial charge in [-0.15, -0.1) is 0 Å². The van der Waals surface area contributed by atoms with E-state index in [1.807, 2.05) is 67.5 Å². The maximum Gasteiger partial charge on any atom is 0.188 e. The predicted molar refractivity (Wildman–Crippen MR) is 122 cm³/mol. The molecular weight excluding hydrogens is 393 g/mol. The summed E-state index contributed by atoms with van der Waals surface area (Å²) in [4.78, 5) is 14.6. The van der Waals surface area contributed by atoms with Gasteiger partial charge in [-0.25, -0.2) is 4.39 Å². The second-order valence-corrected chi connectivity index (χ2v) is 7.31. The highest BCUT2D eigenvalue weighted by atomic mass is 19.1. The number of carbonyl (C=O) groups excluding carboxylic acids is 1. The van der Waals surface area contributed by atoms with Gasteiger partial charge in [0.1, 0.15) is 23.9 Å². The third-order valence-corrected chi connectivity index (χ3v) is 4.77. The number of rotatable bonds is 9. The van der Waals surface area contributed by atoms with E-state index in [0.717, 1.165) is 23.2 Å². The number of benzene rings is 3. The number of likely N-dealkylation sites (N-methyl/N-ethyl adjacent to an activating group) is 1. The van der Waals surface area contributed by atoms with Crippen LogP contribution in [0, 0.1) is 5.82 Å². The number of halogens is 1. The molecule has 0 saturated carbocycles. The molecule has 0 aromatic heterocycles. The summed E-state index contributed by atoms with van der Waals surface area (Å²) in [6.45, 7) is 1.28. The van der Waals surface area contributed by atoms with E-state index in [1.54, 1.807) is 12.1 Å². The topological polar surface area (TPSA) is 38.8 Å². The van der Waals surface area contributed by atoms with Crippen LogP contribution in [0.15, 0.2) is 72.8 Å². The van der Waals surface area contributed by atoms with E-state index in [-0.39, 0.29) is 5.56 Å². The van der Waals surface area contributed by atoms with Crippen LogP contribution in [0.2, 0.25) is 0 Å². The fraction of sp³-hybridized carbons (Fsp3) is 0.192. The van der Waals surface area contributed by atoms with Gasteiger partial charge in [0.05, 0.1) is 12.7 Å². The van der Waals surface area contributed by atoms with Crippen LogP contribution < -0.4 is 9.47 Å². The van der Waals surface area contributed by atoms with Crippen molar-refractivity contribution in [2.75, 3.05) is 34.4 Å². The molecule has 3 rings (SSSR count). The lowest BCUT2D eigenvalue weighted by Crippen LogP contribution is -2.19. The summed E-state index contributed by atoms with van der Waals surface area (Å²) >= 11 is 0. The molecule has 4 nitrogen and oxygen atoms in total. The Morgan fingerprint density at radius 2 is 1.77 bits per heavy atom. The monoisotopic (exact) mass is 419 g/mol. The SMILES string of the molecule is COc1ccc(C(=O)/C=C/c2cc(-c3ccccc3)ccc2OCCN(C)C)c(F)c1. The molecule has 5 heteroatoms. The van der Waals surface area contributed by atoms with E-state index >= 15 is 0 Å². The van der Waals surface area contributed by atoms with Crippen LogP contribution in [0.25, 0.3) is 17.2 Å². The molecule has 0 saturated heterocycles. The average molecular weight is 419 g/mol. The minimum absolute atomic E-state index is 0.00802. The number of allylic oxidation sites excluding steroid dienone is 1. The zero-order chi connectivity index (χ0) is 22.2. The van der Waals surface area contributed by atoms with Crippen molar-refractivity contribution in [3.63, 3.8) is 0 Å². The van der Waals surface area contributed by atoms with E-state index in [0.29, 0.717) is 18.1 Å².